The SMILES string of the molecule is Cc1nc2ccc(F)cc2c(C(C)O)c1O. The van der Waals surface area contributed by atoms with Crippen LogP contribution in [0.1, 0.15) is 24.3 Å². The van der Waals surface area contributed by atoms with E-state index in [9.17, 15) is 14.6 Å². The third-order valence-corrected chi connectivity index (χ3v) is 2.55. The van der Waals surface area contributed by atoms with Gasteiger partial charge in [-0.05, 0) is 32.0 Å². The van der Waals surface area contributed by atoms with E-state index < -0.39 is 11.9 Å². The molecule has 2 aromatic rings. The normalized spacial score (nSPS) is 13.0. The molecule has 0 bridgehead atoms. The second-order valence-electron chi connectivity index (χ2n) is 3.80. The molecule has 1 aromatic carbocycles. The number of benzene rings is 1. The van der Waals surface area contributed by atoms with Gasteiger partial charge in [-0.15, -0.1) is 0 Å². The Labute approximate surface area is 92.2 Å². The van der Waals surface area contributed by atoms with E-state index in [-0.39, 0.29) is 5.75 Å². The summed E-state index contributed by atoms with van der Waals surface area (Å²) >= 11 is 0. The Morgan fingerprint density at radius 2 is 2.06 bits per heavy atom. The molecule has 4 heteroatoms. The summed E-state index contributed by atoms with van der Waals surface area (Å²) in [6.07, 6.45) is -0.869. The van der Waals surface area contributed by atoms with Gasteiger partial charge in [-0.25, -0.2) is 9.37 Å². The summed E-state index contributed by atoms with van der Waals surface area (Å²) in [4.78, 5) is 4.13. The standard InChI is InChI=1S/C12H12FNO2/c1-6-12(16)11(7(2)15)9-5-8(13)3-4-10(9)14-6/h3-5,7,15-16H,1-2H3. The molecule has 0 saturated carbocycles. The van der Waals surface area contributed by atoms with Crippen LogP contribution in [0.3, 0.4) is 0 Å². The molecule has 1 aromatic heterocycles. The van der Waals surface area contributed by atoms with Crippen molar-refractivity contribution in [1.82, 2.24) is 4.98 Å². The van der Waals surface area contributed by atoms with Crippen molar-refractivity contribution in [1.29, 1.82) is 0 Å². The van der Waals surface area contributed by atoms with Crippen LogP contribution in [0.25, 0.3) is 10.9 Å². The van der Waals surface area contributed by atoms with Crippen molar-refractivity contribution in [3.63, 3.8) is 0 Å². The van der Waals surface area contributed by atoms with Gasteiger partial charge in [0.2, 0.25) is 0 Å². The number of aliphatic hydroxyl groups excluding tert-OH is 1. The highest BCUT2D eigenvalue weighted by Crippen LogP contribution is 2.33. The number of nitrogens with zero attached hydrogens (tertiary/aromatic N) is 1. The smallest absolute Gasteiger partial charge is 0.143 e. The van der Waals surface area contributed by atoms with Crippen molar-refractivity contribution in [2.24, 2.45) is 0 Å². The molecule has 1 heterocycles. The lowest BCUT2D eigenvalue weighted by atomic mass is 10.0. The predicted molar refractivity (Wildman–Crippen MR) is 58.7 cm³/mol. The molecule has 0 fully saturated rings. The van der Waals surface area contributed by atoms with E-state index in [1.807, 2.05) is 0 Å². The molecule has 2 rings (SSSR count). The Morgan fingerprint density at radius 3 is 2.69 bits per heavy atom. The van der Waals surface area contributed by atoms with E-state index >= 15 is 0 Å². The Bertz CT molecular complexity index is 552. The number of aromatic nitrogens is 1. The van der Waals surface area contributed by atoms with Gasteiger partial charge >= 0.3 is 0 Å². The molecule has 1 atom stereocenters. The number of aromatic hydroxyl groups is 1. The fourth-order valence-corrected chi connectivity index (χ4v) is 1.80. The summed E-state index contributed by atoms with van der Waals surface area (Å²) < 4.78 is 13.1. The van der Waals surface area contributed by atoms with Crippen molar-refractivity contribution >= 4 is 10.9 Å². The largest absolute Gasteiger partial charge is 0.506 e. The van der Waals surface area contributed by atoms with Gasteiger partial charge in [-0.2, -0.15) is 0 Å². The molecule has 16 heavy (non-hydrogen) atoms. The number of hydrogen-bond acceptors (Lipinski definition) is 3. The van der Waals surface area contributed by atoms with Crippen LogP contribution < -0.4 is 0 Å². The van der Waals surface area contributed by atoms with Crippen molar-refractivity contribution in [2.75, 3.05) is 0 Å². The highest BCUT2D eigenvalue weighted by molar-refractivity contribution is 5.85. The first-order valence-corrected chi connectivity index (χ1v) is 4.97. The van der Waals surface area contributed by atoms with E-state index in [1.54, 1.807) is 6.92 Å². The molecular weight excluding hydrogens is 209 g/mol. The van der Waals surface area contributed by atoms with Gasteiger partial charge in [0.05, 0.1) is 17.3 Å². The van der Waals surface area contributed by atoms with Gasteiger partial charge in [0.25, 0.3) is 0 Å². The molecule has 84 valence electrons. The highest BCUT2D eigenvalue weighted by Gasteiger charge is 2.16. The molecular formula is C12H12FNO2. The van der Waals surface area contributed by atoms with Crippen LogP contribution >= 0.6 is 0 Å². The first-order chi connectivity index (χ1) is 7.50. The van der Waals surface area contributed by atoms with E-state index in [0.29, 0.717) is 22.2 Å². The highest BCUT2D eigenvalue weighted by atomic mass is 19.1. The van der Waals surface area contributed by atoms with Crippen LogP contribution in [0.4, 0.5) is 4.39 Å². The fourth-order valence-electron chi connectivity index (χ4n) is 1.80. The molecule has 0 spiro atoms. The molecule has 1 unspecified atom stereocenters. The Hall–Kier alpha value is -1.68. The summed E-state index contributed by atoms with van der Waals surface area (Å²) in [5.74, 6) is -0.493. The van der Waals surface area contributed by atoms with Crippen LogP contribution in [-0.2, 0) is 0 Å². The minimum absolute atomic E-state index is 0.0758. The van der Waals surface area contributed by atoms with E-state index in [1.165, 1.54) is 25.1 Å². The van der Waals surface area contributed by atoms with Gasteiger partial charge in [0.1, 0.15) is 11.6 Å². The zero-order valence-corrected chi connectivity index (χ0v) is 9.03. The molecule has 0 aliphatic heterocycles. The lowest BCUT2D eigenvalue weighted by Crippen LogP contribution is -1.98. The maximum atomic E-state index is 13.1. The minimum Gasteiger partial charge on any atom is -0.506 e. The molecule has 3 nitrogen and oxygen atoms in total. The summed E-state index contributed by atoms with van der Waals surface area (Å²) in [5, 5.41) is 19.9. The van der Waals surface area contributed by atoms with Gasteiger partial charge in [0.15, 0.2) is 0 Å². The van der Waals surface area contributed by atoms with Crippen LogP contribution in [0, 0.1) is 12.7 Å². The molecule has 0 saturated heterocycles. The van der Waals surface area contributed by atoms with Crippen molar-refractivity contribution in [2.45, 2.75) is 20.0 Å². The zero-order valence-electron chi connectivity index (χ0n) is 9.03. The van der Waals surface area contributed by atoms with E-state index in [0.717, 1.165) is 0 Å². The van der Waals surface area contributed by atoms with Crippen LogP contribution in [0.2, 0.25) is 0 Å². The second kappa shape index (κ2) is 3.72. The predicted octanol–water partition coefficient (Wildman–Crippen LogP) is 2.44. The Kier molecular flexibility index (Phi) is 2.52. The Balaban J connectivity index is 2.90. The molecule has 2 N–H and O–H groups in total. The van der Waals surface area contributed by atoms with Crippen molar-refractivity contribution < 1.29 is 14.6 Å². The number of rotatable bonds is 1. The van der Waals surface area contributed by atoms with E-state index in [4.69, 9.17) is 0 Å². The maximum Gasteiger partial charge on any atom is 0.143 e. The third kappa shape index (κ3) is 1.61. The van der Waals surface area contributed by atoms with E-state index in [2.05, 4.69) is 4.98 Å². The summed E-state index contributed by atoms with van der Waals surface area (Å²) in [7, 11) is 0. The monoisotopic (exact) mass is 221 g/mol. The molecule has 0 radical (unpaired) electrons. The van der Waals surface area contributed by atoms with Gasteiger partial charge in [-0.1, -0.05) is 0 Å². The number of aliphatic hydroxyl groups is 1. The second-order valence-corrected chi connectivity index (χ2v) is 3.80. The van der Waals surface area contributed by atoms with Gasteiger partial charge < -0.3 is 10.2 Å². The topological polar surface area (TPSA) is 53.4 Å². The van der Waals surface area contributed by atoms with Crippen LogP contribution in [-0.4, -0.2) is 15.2 Å². The first kappa shape index (κ1) is 10.8. The molecule has 0 aliphatic rings. The lowest BCUT2D eigenvalue weighted by Gasteiger charge is -2.13. The number of fused-ring (bicyclic) bond motifs is 1. The van der Waals surface area contributed by atoms with Gasteiger partial charge in [-0.3, -0.25) is 0 Å². The molecule has 0 aliphatic carbocycles. The van der Waals surface area contributed by atoms with Crippen molar-refractivity contribution in [3.8, 4) is 5.75 Å². The quantitative estimate of drug-likeness (QED) is 0.777. The Morgan fingerprint density at radius 1 is 1.38 bits per heavy atom. The minimum atomic E-state index is -0.869. The maximum absolute atomic E-state index is 13.1. The number of pyridine rings is 1. The zero-order chi connectivity index (χ0) is 11.9. The van der Waals surface area contributed by atoms with Gasteiger partial charge in [0, 0.05) is 10.9 Å². The van der Waals surface area contributed by atoms with Crippen molar-refractivity contribution in [3.05, 3.63) is 35.3 Å². The summed E-state index contributed by atoms with van der Waals surface area (Å²) in [6, 6.07) is 4.10. The number of halogens is 1. The van der Waals surface area contributed by atoms with Crippen LogP contribution in [0.15, 0.2) is 18.2 Å². The van der Waals surface area contributed by atoms with Crippen LogP contribution in [0.5, 0.6) is 5.75 Å². The number of hydrogen-bond donors (Lipinski definition) is 2. The number of aryl methyl sites for hydroxylation is 1. The molecule has 0 amide bonds. The lowest BCUT2D eigenvalue weighted by molar-refractivity contribution is 0.196. The fraction of sp³-hybridized carbons (Fsp3) is 0.250. The third-order valence-electron chi connectivity index (χ3n) is 2.55. The summed E-state index contributed by atoms with van der Waals surface area (Å²) in [5.41, 5.74) is 1.31. The first-order valence-electron chi connectivity index (χ1n) is 4.97. The average molecular weight is 221 g/mol. The summed E-state index contributed by atoms with van der Waals surface area (Å²) in [6.45, 7) is 3.17. The average Bonchev–Trinajstić information content (AvgIpc) is 2.20.